The van der Waals surface area contributed by atoms with Crippen molar-refractivity contribution in [1.82, 2.24) is 0 Å². The molecule has 0 aliphatic carbocycles. The van der Waals surface area contributed by atoms with Gasteiger partial charge in [-0.15, -0.1) is 0 Å². The van der Waals surface area contributed by atoms with Crippen LogP contribution in [0.3, 0.4) is 0 Å². The number of benzene rings is 2. The Bertz CT molecular complexity index is 749. The lowest BCUT2D eigenvalue weighted by molar-refractivity contribution is -0.384. The molecule has 0 bridgehead atoms. The molecule has 7 heteroatoms. The number of nitro benzene ring substituents is 1. The lowest BCUT2D eigenvalue weighted by Crippen LogP contribution is -2.30. The van der Waals surface area contributed by atoms with Crippen LogP contribution in [0.2, 0.25) is 5.02 Å². The summed E-state index contributed by atoms with van der Waals surface area (Å²) in [5, 5.41) is 14.1. The van der Waals surface area contributed by atoms with Crippen molar-refractivity contribution in [2.24, 2.45) is 0 Å². The minimum absolute atomic E-state index is 0.132. The van der Waals surface area contributed by atoms with E-state index in [9.17, 15) is 14.9 Å². The number of hydrogen-bond acceptors (Lipinski definition) is 4. The molecule has 1 atom stereocenters. The first-order valence-corrected chi connectivity index (χ1v) is 7.23. The van der Waals surface area contributed by atoms with Gasteiger partial charge in [0.05, 0.1) is 4.92 Å². The molecular weight excluding hydrogens is 320 g/mol. The van der Waals surface area contributed by atoms with Gasteiger partial charge >= 0.3 is 0 Å². The van der Waals surface area contributed by atoms with Crippen molar-refractivity contribution in [2.75, 3.05) is 5.32 Å². The van der Waals surface area contributed by atoms with Crippen LogP contribution in [0.15, 0.2) is 42.5 Å². The molecule has 0 aliphatic heterocycles. The molecule has 2 aromatic carbocycles. The van der Waals surface area contributed by atoms with Gasteiger partial charge in [0.25, 0.3) is 11.6 Å². The second kappa shape index (κ2) is 7.11. The maximum Gasteiger partial charge on any atom is 0.293 e. The first-order chi connectivity index (χ1) is 10.9. The second-order valence-electron chi connectivity index (χ2n) is 4.98. The third-order valence-corrected chi connectivity index (χ3v) is 3.32. The molecule has 0 saturated heterocycles. The molecule has 0 heterocycles. The highest BCUT2D eigenvalue weighted by atomic mass is 35.5. The van der Waals surface area contributed by atoms with Crippen LogP contribution in [0.4, 0.5) is 11.4 Å². The second-order valence-corrected chi connectivity index (χ2v) is 5.42. The number of carbonyl (C=O) groups excluding carboxylic acids is 1. The van der Waals surface area contributed by atoms with Crippen molar-refractivity contribution in [3.8, 4) is 5.75 Å². The summed E-state index contributed by atoms with van der Waals surface area (Å²) in [5.74, 6) is -0.0458. The van der Waals surface area contributed by atoms with E-state index in [2.05, 4.69) is 5.32 Å². The van der Waals surface area contributed by atoms with Gasteiger partial charge in [0.15, 0.2) is 6.10 Å². The number of nitro groups is 1. The molecule has 2 rings (SSSR count). The molecule has 6 nitrogen and oxygen atoms in total. The molecule has 0 aromatic heterocycles. The number of nitrogens with zero attached hydrogens (tertiary/aromatic N) is 1. The summed E-state index contributed by atoms with van der Waals surface area (Å²) in [6.07, 6.45) is -0.839. The van der Waals surface area contributed by atoms with Crippen molar-refractivity contribution < 1.29 is 14.5 Å². The average molecular weight is 335 g/mol. The largest absolute Gasteiger partial charge is 0.481 e. The number of carbonyl (C=O) groups is 1. The van der Waals surface area contributed by atoms with Crippen molar-refractivity contribution in [2.45, 2.75) is 20.0 Å². The molecule has 0 aliphatic rings. The van der Waals surface area contributed by atoms with E-state index < -0.39 is 16.9 Å². The quantitative estimate of drug-likeness (QED) is 0.662. The molecule has 2 aromatic rings. The van der Waals surface area contributed by atoms with Gasteiger partial charge in [0, 0.05) is 11.1 Å². The van der Waals surface area contributed by atoms with Crippen LogP contribution in [0, 0.1) is 17.0 Å². The first kappa shape index (κ1) is 16.8. The van der Waals surface area contributed by atoms with Gasteiger partial charge in [0.1, 0.15) is 11.4 Å². The molecule has 0 unspecified atom stereocenters. The number of hydrogen-bond donors (Lipinski definition) is 1. The zero-order chi connectivity index (χ0) is 17.0. The van der Waals surface area contributed by atoms with Gasteiger partial charge in [-0.3, -0.25) is 14.9 Å². The van der Waals surface area contributed by atoms with E-state index in [-0.39, 0.29) is 11.4 Å². The van der Waals surface area contributed by atoms with Crippen LogP contribution in [0.25, 0.3) is 0 Å². The standard InChI is InChI=1S/C16H15ClN2O4/c1-10-6-7-14(15(8-10)19(21)22)18-16(20)11(2)23-13-5-3-4-12(17)9-13/h3-9,11H,1-2H3,(H,18,20)/t11-/m1/s1. The topological polar surface area (TPSA) is 81.5 Å². The van der Waals surface area contributed by atoms with Crippen LogP contribution in [0.1, 0.15) is 12.5 Å². The van der Waals surface area contributed by atoms with Crippen molar-refractivity contribution in [3.05, 3.63) is 63.2 Å². The lowest BCUT2D eigenvalue weighted by atomic mass is 10.2. The molecule has 1 N–H and O–H groups in total. The normalized spacial score (nSPS) is 11.6. The van der Waals surface area contributed by atoms with Crippen molar-refractivity contribution in [1.29, 1.82) is 0 Å². The summed E-state index contributed by atoms with van der Waals surface area (Å²) in [6.45, 7) is 3.29. The number of halogens is 1. The number of ether oxygens (including phenoxy) is 1. The third kappa shape index (κ3) is 4.43. The van der Waals surface area contributed by atoms with Crippen LogP contribution in [-0.2, 0) is 4.79 Å². The van der Waals surface area contributed by atoms with E-state index in [1.165, 1.54) is 12.1 Å². The Morgan fingerprint density at radius 3 is 2.70 bits per heavy atom. The van der Waals surface area contributed by atoms with E-state index in [1.54, 1.807) is 44.2 Å². The van der Waals surface area contributed by atoms with Crippen LogP contribution >= 0.6 is 11.6 Å². The minimum atomic E-state index is -0.839. The molecule has 120 valence electrons. The fraction of sp³-hybridized carbons (Fsp3) is 0.188. The van der Waals surface area contributed by atoms with Crippen molar-refractivity contribution in [3.63, 3.8) is 0 Å². The van der Waals surface area contributed by atoms with E-state index in [0.29, 0.717) is 10.8 Å². The summed E-state index contributed by atoms with van der Waals surface area (Å²) in [5.41, 5.74) is 0.707. The number of rotatable bonds is 5. The Morgan fingerprint density at radius 1 is 1.30 bits per heavy atom. The summed E-state index contributed by atoms with van der Waals surface area (Å²) in [4.78, 5) is 22.7. The van der Waals surface area contributed by atoms with E-state index in [4.69, 9.17) is 16.3 Å². The Morgan fingerprint density at radius 2 is 2.04 bits per heavy atom. The molecule has 23 heavy (non-hydrogen) atoms. The summed E-state index contributed by atoms with van der Waals surface area (Å²) >= 11 is 5.85. The van der Waals surface area contributed by atoms with Crippen LogP contribution in [0.5, 0.6) is 5.75 Å². The third-order valence-electron chi connectivity index (χ3n) is 3.09. The average Bonchev–Trinajstić information content (AvgIpc) is 2.48. The highest BCUT2D eigenvalue weighted by Gasteiger charge is 2.20. The number of nitrogens with one attached hydrogen (secondary N) is 1. The highest BCUT2D eigenvalue weighted by molar-refractivity contribution is 6.30. The zero-order valence-corrected chi connectivity index (χ0v) is 13.3. The maximum absolute atomic E-state index is 12.2. The Balaban J connectivity index is 2.11. The lowest BCUT2D eigenvalue weighted by Gasteiger charge is -2.15. The monoisotopic (exact) mass is 334 g/mol. The SMILES string of the molecule is Cc1ccc(NC(=O)[C@@H](C)Oc2cccc(Cl)c2)c([N+](=O)[O-])c1. The summed E-state index contributed by atoms with van der Waals surface area (Å²) < 4.78 is 5.49. The van der Waals surface area contributed by atoms with Gasteiger partial charge < -0.3 is 10.1 Å². The Kier molecular flexibility index (Phi) is 5.18. The van der Waals surface area contributed by atoms with Gasteiger partial charge in [-0.25, -0.2) is 0 Å². The highest BCUT2D eigenvalue weighted by Crippen LogP contribution is 2.26. The number of amides is 1. The maximum atomic E-state index is 12.2. The fourth-order valence-electron chi connectivity index (χ4n) is 1.93. The molecular formula is C16H15ClN2O4. The van der Waals surface area contributed by atoms with E-state index in [1.807, 2.05) is 0 Å². The van der Waals surface area contributed by atoms with Crippen molar-refractivity contribution >= 4 is 28.9 Å². The predicted octanol–water partition coefficient (Wildman–Crippen LogP) is 3.96. The zero-order valence-electron chi connectivity index (χ0n) is 12.6. The van der Waals surface area contributed by atoms with Gasteiger partial charge in [-0.2, -0.15) is 0 Å². The van der Waals surface area contributed by atoms with Gasteiger partial charge in [-0.1, -0.05) is 23.7 Å². The Labute approximate surface area is 138 Å². The molecule has 0 fully saturated rings. The molecule has 0 radical (unpaired) electrons. The van der Waals surface area contributed by atoms with E-state index >= 15 is 0 Å². The predicted molar refractivity (Wildman–Crippen MR) is 88.0 cm³/mol. The molecule has 0 spiro atoms. The van der Waals surface area contributed by atoms with Gasteiger partial charge in [0.2, 0.25) is 0 Å². The Hall–Kier alpha value is -2.60. The number of aryl methyl sites for hydroxylation is 1. The molecule has 0 saturated carbocycles. The minimum Gasteiger partial charge on any atom is -0.481 e. The van der Waals surface area contributed by atoms with Gasteiger partial charge in [-0.05, 0) is 43.7 Å². The summed E-state index contributed by atoms with van der Waals surface area (Å²) in [6, 6.07) is 11.2. The van der Waals surface area contributed by atoms with Crippen LogP contribution < -0.4 is 10.1 Å². The first-order valence-electron chi connectivity index (χ1n) is 6.85. The number of anilines is 1. The fourth-order valence-corrected chi connectivity index (χ4v) is 2.11. The smallest absolute Gasteiger partial charge is 0.293 e. The van der Waals surface area contributed by atoms with Crippen LogP contribution in [-0.4, -0.2) is 16.9 Å². The molecule has 1 amide bonds. The summed E-state index contributed by atoms with van der Waals surface area (Å²) in [7, 11) is 0. The van der Waals surface area contributed by atoms with E-state index in [0.717, 1.165) is 5.56 Å².